The van der Waals surface area contributed by atoms with Crippen molar-refractivity contribution < 1.29 is 18.7 Å². The number of amides is 1. The van der Waals surface area contributed by atoms with Crippen molar-refractivity contribution >= 4 is 16.9 Å². The molecule has 0 radical (unpaired) electrons. The molecular formula is C26H20F2N4O3. The van der Waals surface area contributed by atoms with E-state index >= 15 is 0 Å². The zero-order valence-electron chi connectivity index (χ0n) is 18.5. The van der Waals surface area contributed by atoms with Crippen molar-refractivity contribution in [2.24, 2.45) is 5.92 Å². The molecule has 0 spiro atoms. The number of benzene rings is 1. The number of fused-ring (bicyclic) bond motifs is 1. The fraction of sp³-hybridized carbons (Fsp3) is 0.231. The third kappa shape index (κ3) is 3.54. The van der Waals surface area contributed by atoms with Gasteiger partial charge in [-0.25, -0.2) is 13.8 Å². The highest BCUT2D eigenvalue weighted by Crippen LogP contribution is 2.57. The van der Waals surface area contributed by atoms with Crippen LogP contribution in [0.15, 0.2) is 59.7 Å². The summed E-state index contributed by atoms with van der Waals surface area (Å²) in [6.45, 7) is -0.0771. The molecule has 2 N–H and O–H groups in total. The van der Waals surface area contributed by atoms with E-state index in [1.165, 1.54) is 35.0 Å². The molecule has 4 aromatic rings. The SMILES string of the molecule is O=C(NC12CC(C1)C2)c1c(O)c2cc(-c3ccc(F)cc3)cnc2n(Cc2ccc(F)cn2)c1=O. The largest absolute Gasteiger partial charge is 0.506 e. The predicted octanol–water partition coefficient (Wildman–Crippen LogP) is 3.77. The number of pyridine rings is 3. The van der Waals surface area contributed by atoms with Gasteiger partial charge in [-0.15, -0.1) is 0 Å². The lowest BCUT2D eigenvalue weighted by molar-refractivity contribution is -0.0439. The normalized spacial score (nSPS) is 20.2. The van der Waals surface area contributed by atoms with Crippen molar-refractivity contribution in [3.63, 3.8) is 0 Å². The zero-order chi connectivity index (χ0) is 24.3. The first kappa shape index (κ1) is 21.4. The Balaban J connectivity index is 1.51. The van der Waals surface area contributed by atoms with Gasteiger partial charge in [0, 0.05) is 17.3 Å². The fourth-order valence-corrected chi connectivity index (χ4v) is 5.06. The average molecular weight is 474 g/mol. The summed E-state index contributed by atoms with van der Waals surface area (Å²) in [7, 11) is 0. The molecule has 3 heterocycles. The van der Waals surface area contributed by atoms with Crippen LogP contribution in [0.2, 0.25) is 0 Å². The molecule has 35 heavy (non-hydrogen) atoms. The van der Waals surface area contributed by atoms with Crippen LogP contribution in [0, 0.1) is 17.6 Å². The Labute approximate surface area is 198 Å². The number of rotatable bonds is 5. The van der Waals surface area contributed by atoms with Gasteiger partial charge in [-0.3, -0.25) is 19.1 Å². The number of hydrogen-bond acceptors (Lipinski definition) is 5. The van der Waals surface area contributed by atoms with Crippen LogP contribution in [0.1, 0.15) is 35.3 Å². The molecule has 0 aliphatic heterocycles. The molecule has 3 aliphatic carbocycles. The molecule has 176 valence electrons. The number of nitrogens with one attached hydrogen (secondary N) is 1. The zero-order valence-corrected chi connectivity index (χ0v) is 18.5. The maximum Gasteiger partial charge on any atom is 0.269 e. The van der Waals surface area contributed by atoms with Crippen LogP contribution >= 0.6 is 0 Å². The van der Waals surface area contributed by atoms with Gasteiger partial charge < -0.3 is 10.4 Å². The quantitative estimate of drug-likeness (QED) is 0.459. The fourth-order valence-electron chi connectivity index (χ4n) is 5.06. The number of hydrogen-bond donors (Lipinski definition) is 2. The predicted molar refractivity (Wildman–Crippen MR) is 124 cm³/mol. The number of aromatic nitrogens is 3. The van der Waals surface area contributed by atoms with E-state index in [1.807, 2.05) is 0 Å². The van der Waals surface area contributed by atoms with Crippen LogP contribution in [-0.2, 0) is 6.54 Å². The lowest BCUT2D eigenvalue weighted by atomic mass is 9.50. The molecular weight excluding hydrogens is 454 g/mol. The van der Waals surface area contributed by atoms with E-state index in [4.69, 9.17) is 0 Å². The number of carbonyl (C=O) groups excluding carboxylic acids is 1. The average Bonchev–Trinajstić information content (AvgIpc) is 2.80. The smallest absolute Gasteiger partial charge is 0.269 e. The Morgan fingerprint density at radius 1 is 1.03 bits per heavy atom. The molecule has 0 unspecified atom stereocenters. The van der Waals surface area contributed by atoms with Crippen LogP contribution < -0.4 is 10.9 Å². The van der Waals surface area contributed by atoms with E-state index in [9.17, 15) is 23.5 Å². The van der Waals surface area contributed by atoms with Crippen molar-refractivity contribution in [2.45, 2.75) is 31.3 Å². The molecule has 2 bridgehead atoms. The molecule has 3 aromatic heterocycles. The summed E-state index contributed by atoms with van der Waals surface area (Å²) in [5, 5.41) is 14.2. The van der Waals surface area contributed by atoms with Gasteiger partial charge in [0.15, 0.2) is 0 Å². The standard InChI is InChI=1S/C26H20F2N4O3/c27-17-3-1-15(2-4-17)16-7-20-22(33)21(24(34)31-26-8-14(9-26)10-26)25(35)32(23(20)30-11-16)13-19-6-5-18(28)12-29-19/h1-7,11-12,14,33H,8-10,13H2,(H,31,34). The minimum Gasteiger partial charge on any atom is -0.506 e. The van der Waals surface area contributed by atoms with Crippen molar-refractivity contribution in [2.75, 3.05) is 0 Å². The van der Waals surface area contributed by atoms with Crippen LogP contribution in [0.5, 0.6) is 5.75 Å². The van der Waals surface area contributed by atoms with E-state index in [1.54, 1.807) is 18.2 Å². The Bertz CT molecular complexity index is 1530. The first-order chi connectivity index (χ1) is 16.8. The highest BCUT2D eigenvalue weighted by Gasteiger charge is 2.57. The molecule has 3 aliphatic rings. The second kappa shape index (κ2) is 7.69. The van der Waals surface area contributed by atoms with Crippen molar-refractivity contribution in [1.82, 2.24) is 19.9 Å². The molecule has 9 heteroatoms. The highest BCUT2D eigenvalue weighted by atomic mass is 19.1. The monoisotopic (exact) mass is 474 g/mol. The second-order valence-corrected chi connectivity index (χ2v) is 9.40. The number of aromatic hydroxyl groups is 1. The molecule has 7 nitrogen and oxygen atoms in total. The van der Waals surface area contributed by atoms with E-state index in [-0.39, 0.29) is 28.7 Å². The van der Waals surface area contributed by atoms with Crippen molar-refractivity contribution in [3.05, 3.63) is 88.1 Å². The lowest BCUT2D eigenvalue weighted by Crippen LogP contribution is -2.68. The van der Waals surface area contributed by atoms with Crippen LogP contribution in [0.3, 0.4) is 0 Å². The topological polar surface area (TPSA) is 97.1 Å². The Kier molecular flexibility index (Phi) is 4.70. The highest BCUT2D eigenvalue weighted by molar-refractivity contribution is 6.02. The first-order valence-electron chi connectivity index (χ1n) is 11.3. The molecule has 3 fully saturated rings. The van der Waals surface area contributed by atoms with Crippen LogP contribution in [0.25, 0.3) is 22.2 Å². The maximum absolute atomic E-state index is 13.5. The van der Waals surface area contributed by atoms with Gasteiger partial charge in [0.1, 0.15) is 28.6 Å². The van der Waals surface area contributed by atoms with Gasteiger partial charge in [-0.1, -0.05) is 12.1 Å². The van der Waals surface area contributed by atoms with Gasteiger partial charge in [0.2, 0.25) is 0 Å². The molecule has 0 saturated heterocycles. The summed E-state index contributed by atoms with van der Waals surface area (Å²) in [4.78, 5) is 35.1. The van der Waals surface area contributed by atoms with Crippen molar-refractivity contribution in [3.8, 4) is 16.9 Å². The van der Waals surface area contributed by atoms with Crippen LogP contribution in [-0.4, -0.2) is 31.1 Å². The van der Waals surface area contributed by atoms with E-state index in [0.29, 0.717) is 22.7 Å². The summed E-state index contributed by atoms with van der Waals surface area (Å²) in [5.74, 6) is -1.39. The van der Waals surface area contributed by atoms with Gasteiger partial charge in [-0.2, -0.15) is 0 Å². The summed E-state index contributed by atoms with van der Waals surface area (Å²) < 4.78 is 28.0. The summed E-state index contributed by atoms with van der Waals surface area (Å²) >= 11 is 0. The molecule has 7 rings (SSSR count). The second-order valence-electron chi connectivity index (χ2n) is 9.40. The van der Waals surface area contributed by atoms with Gasteiger partial charge in [0.05, 0.1) is 23.8 Å². The first-order valence-corrected chi connectivity index (χ1v) is 11.3. The summed E-state index contributed by atoms with van der Waals surface area (Å²) in [6, 6.07) is 10.0. The minimum atomic E-state index is -0.716. The molecule has 0 atom stereocenters. The minimum absolute atomic E-state index is 0.0771. The Hall–Kier alpha value is -4.14. The maximum atomic E-state index is 13.5. The van der Waals surface area contributed by atoms with E-state index < -0.39 is 28.9 Å². The Morgan fingerprint density at radius 2 is 1.74 bits per heavy atom. The number of nitrogens with zero attached hydrogens (tertiary/aromatic N) is 3. The Morgan fingerprint density at radius 3 is 2.37 bits per heavy atom. The number of halogens is 2. The third-order valence-corrected chi connectivity index (χ3v) is 7.00. The van der Waals surface area contributed by atoms with Crippen LogP contribution in [0.4, 0.5) is 8.78 Å². The molecule has 1 amide bonds. The van der Waals surface area contributed by atoms with E-state index in [0.717, 1.165) is 25.5 Å². The van der Waals surface area contributed by atoms with Gasteiger partial charge in [-0.05, 0) is 61.1 Å². The molecule has 1 aromatic carbocycles. The third-order valence-electron chi connectivity index (χ3n) is 7.00. The lowest BCUT2D eigenvalue weighted by Gasteiger charge is -2.61. The van der Waals surface area contributed by atoms with Crippen molar-refractivity contribution in [1.29, 1.82) is 0 Å². The summed E-state index contributed by atoms with van der Waals surface area (Å²) in [5.41, 5.74) is 0.367. The molecule has 3 saturated carbocycles. The number of carbonyl (C=O) groups is 1. The van der Waals surface area contributed by atoms with E-state index in [2.05, 4.69) is 15.3 Å². The summed E-state index contributed by atoms with van der Waals surface area (Å²) in [6.07, 6.45) is 5.16. The van der Waals surface area contributed by atoms with Gasteiger partial charge >= 0.3 is 0 Å². The van der Waals surface area contributed by atoms with Gasteiger partial charge in [0.25, 0.3) is 11.5 Å².